The van der Waals surface area contributed by atoms with Crippen LogP contribution in [-0.2, 0) is 11.8 Å². The van der Waals surface area contributed by atoms with E-state index in [0.29, 0.717) is 17.1 Å². The second-order valence-electron chi connectivity index (χ2n) is 7.67. The molecule has 1 aliphatic rings. The minimum atomic E-state index is -4.40. The number of hydrogen-bond donors (Lipinski definition) is 0. The Balaban J connectivity index is 1.68. The molecule has 1 atom stereocenters. The number of methoxy groups -OCH3 is 1. The average Bonchev–Trinajstić information content (AvgIpc) is 2.83. The highest BCUT2D eigenvalue weighted by atomic mass is 19.4. The zero-order valence-electron chi connectivity index (χ0n) is 17.2. The van der Waals surface area contributed by atoms with Gasteiger partial charge in [-0.2, -0.15) is 13.2 Å². The summed E-state index contributed by atoms with van der Waals surface area (Å²) in [6, 6.07) is 24.4. The summed E-state index contributed by atoms with van der Waals surface area (Å²) in [6.45, 7) is 0. The third-order valence-electron chi connectivity index (χ3n) is 5.85. The first-order valence-corrected chi connectivity index (χ1v) is 10.1. The maximum atomic E-state index is 13.1. The van der Waals surface area contributed by atoms with Gasteiger partial charge in [0.05, 0.1) is 12.7 Å². The van der Waals surface area contributed by atoms with Crippen LogP contribution in [-0.4, -0.2) is 7.11 Å². The number of ether oxygens (including phenoxy) is 2. The maximum absolute atomic E-state index is 13.1. The number of halogens is 3. The number of fused-ring (bicyclic) bond motifs is 3. The van der Waals surface area contributed by atoms with Gasteiger partial charge in [0.15, 0.2) is 5.60 Å². The molecule has 0 spiro atoms. The summed E-state index contributed by atoms with van der Waals surface area (Å²) in [7, 11) is 1.58. The van der Waals surface area contributed by atoms with Crippen LogP contribution in [0.2, 0.25) is 0 Å². The molecule has 0 bridgehead atoms. The SMILES string of the molecule is COc1ccc(C2(c3ccc(C(F)(F)F)cc3)C=Cc3c(ccc4ccccc34)O2)cc1. The number of hydrogen-bond acceptors (Lipinski definition) is 2. The minimum Gasteiger partial charge on any atom is -0.497 e. The smallest absolute Gasteiger partial charge is 0.416 e. The summed E-state index contributed by atoms with van der Waals surface area (Å²) < 4.78 is 51.3. The van der Waals surface area contributed by atoms with Gasteiger partial charge in [-0.1, -0.05) is 54.6 Å². The van der Waals surface area contributed by atoms with Crippen molar-refractivity contribution in [2.24, 2.45) is 0 Å². The number of alkyl halides is 3. The van der Waals surface area contributed by atoms with Crippen molar-refractivity contribution in [2.75, 3.05) is 7.11 Å². The van der Waals surface area contributed by atoms with E-state index in [2.05, 4.69) is 0 Å². The van der Waals surface area contributed by atoms with E-state index in [4.69, 9.17) is 9.47 Å². The minimum absolute atomic E-state index is 0.603. The van der Waals surface area contributed by atoms with Gasteiger partial charge in [-0.25, -0.2) is 0 Å². The van der Waals surface area contributed by atoms with E-state index in [1.54, 1.807) is 7.11 Å². The van der Waals surface area contributed by atoms with Crippen molar-refractivity contribution >= 4 is 16.8 Å². The summed E-state index contributed by atoms with van der Waals surface area (Å²) in [5.74, 6) is 1.35. The van der Waals surface area contributed by atoms with Gasteiger partial charge in [0.1, 0.15) is 11.5 Å². The molecule has 0 saturated heterocycles. The van der Waals surface area contributed by atoms with Crippen molar-refractivity contribution in [3.8, 4) is 11.5 Å². The van der Waals surface area contributed by atoms with Gasteiger partial charge >= 0.3 is 6.18 Å². The van der Waals surface area contributed by atoms with Crippen molar-refractivity contribution < 1.29 is 22.6 Å². The fourth-order valence-electron chi connectivity index (χ4n) is 4.17. The molecule has 160 valence electrons. The first-order valence-electron chi connectivity index (χ1n) is 10.1. The average molecular weight is 432 g/mol. The standard InChI is InChI=1S/C27H19F3O2/c1-31-22-13-11-20(12-14-22)26(19-7-9-21(10-8-19)27(28,29)30)17-16-24-23-5-3-2-4-18(23)6-15-25(24)32-26/h2-17H,1H3. The Bertz CT molecular complexity index is 1310. The molecule has 0 saturated carbocycles. The molecular formula is C27H19F3O2. The molecule has 0 aliphatic carbocycles. The Kier molecular flexibility index (Phi) is 4.70. The molecular weight excluding hydrogens is 413 g/mol. The van der Waals surface area contributed by atoms with Gasteiger partial charge in [-0.15, -0.1) is 0 Å². The number of benzene rings is 4. The van der Waals surface area contributed by atoms with Crippen LogP contribution in [0.15, 0.2) is 91.0 Å². The highest BCUT2D eigenvalue weighted by molar-refractivity contribution is 5.94. The molecule has 0 N–H and O–H groups in total. The molecule has 1 unspecified atom stereocenters. The molecule has 1 aliphatic heterocycles. The molecule has 1 heterocycles. The van der Waals surface area contributed by atoms with Crippen LogP contribution in [0, 0.1) is 0 Å². The Morgan fingerprint density at radius 1 is 0.781 bits per heavy atom. The van der Waals surface area contributed by atoms with Crippen LogP contribution >= 0.6 is 0 Å². The maximum Gasteiger partial charge on any atom is 0.416 e. The Hall–Kier alpha value is -3.73. The zero-order valence-corrected chi connectivity index (χ0v) is 17.2. The van der Waals surface area contributed by atoms with Gasteiger partial charge in [0.2, 0.25) is 0 Å². The predicted molar refractivity (Wildman–Crippen MR) is 119 cm³/mol. The van der Waals surface area contributed by atoms with E-state index >= 15 is 0 Å². The van der Waals surface area contributed by atoms with Crippen LogP contribution in [0.5, 0.6) is 11.5 Å². The van der Waals surface area contributed by atoms with Gasteiger partial charge in [-0.05, 0) is 53.3 Å². The van der Waals surface area contributed by atoms with E-state index in [9.17, 15) is 13.2 Å². The first kappa shape index (κ1) is 20.2. The van der Waals surface area contributed by atoms with Crippen molar-refractivity contribution in [1.82, 2.24) is 0 Å². The molecule has 5 rings (SSSR count). The third-order valence-corrected chi connectivity index (χ3v) is 5.85. The lowest BCUT2D eigenvalue weighted by Crippen LogP contribution is -2.34. The van der Waals surface area contributed by atoms with Gasteiger partial charge in [0.25, 0.3) is 0 Å². The van der Waals surface area contributed by atoms with Crippen LogP contribution in [0.1, 0.15) is 22.3 Å². The number of rotatable bonds is 3. The molecule has 0 radical (unpaired) electrons. The van der Waals surface area contributed by atoms with Gasteiger partial charge in [0, 0.05) is 16.7 Å². The van der Waals surface area contributed by atoms with Crippen LogP contribution in [0.3, 0.4) is 0 Å². The third kappa shape index (κ3) is 3.30. The molecule has 2 nitrogen and oxygen atoms in total. The first-order chi connectivity index (χ1) is 15.4. The fraction of sp³-hybridized carbons (Fsp3) is 0.111. The molecule has 32 heavy (non-hydrogen) atoms. The van der Waals surface area contributed by atoms with E-state index in [0.717, 1.165) is 34.0 Å². The second kappa shape index (κ2) is 7.45. The predicted octanol–water partition coefficient (Wildman–Crippen LogP) is 7.22. The van der Waals surface area contributed by atoms with Gasteiger partial charge < -0.3 is 9.47 Å². The quantitative estimate of drug-likeness (QED) is 0.340. The normalized spacial score (nSPS) is 17.6. The van der Waals surface area contributed by atoms with E-state index in [-0.39, 0.29) is 0 Å². The van der Waals surface area contributed by atoms with E-state index < -0.39 is 17.3 Å². The zero-order chi connectivity index (χ0) is 22.3. The summed E-state index contributed by atoms with van der Waals surface area (Å²) in [5.41, 5.74) is 0.557. The fourth-order valence-corrected chi connectivity index (χ4v) is 4.17. The summed E-state index contributed by atoms with van der Waals surface area (Å²) >= 11 is 0. The monoisotopic (exact) mass is 432 g/mol. The van der Waals surface area contributed by atoms with Crippen molar-refractivity contribution in [3.63, 3.8) is 0 Å². The molecule has 4 aromatic rings. The van der Waals surface area contributed by atoms with Crippen molar-refractivity contribution in [2.45, 2.75) is 11.8 Å². The molecule has 4 aromatic carbocycles. The van der Waals surface area contributed by atoms with Crippen LogP contribution in [0.25, 0.3) is 16.8 Å². The second-order valence-corrected chi connectivity index (χ2v) is 7.67. The van der Waals surface area contributed by atoms with Crippen LogP contribution < -0.4 is 9.47 Å². The lowest BCUT2D eigenvalue weighted by Gasteiger charge is -2.36. The lowest BCUT2D eigenvalue weighted by atomic mass is 9.83. The molecule has 5 heteroatoms. The Labute approximate surface area is 183 Å². The Morgan fingerprint density at radius 2 is 1.44 bits per heavy atom. The highest BCUT2D eigenvalue weighted by Gasteiger charge is 2.38. The van der Waals surface area contributed by atoms with E-state index in [1.165, 1.54) is 12.1 Å². The Morgan fingerprint density at radius 3 is 2.09 bits per heavy atom. The van der Waals surface area contributed by atoms with E-state index in [1.807, 2.05) is 72.8 Å². The van der Waals surface area contributed by atoms with Crippen molar-refractivity contribution in [3.05, 3.63) is 113 Å². The van der Waals surface area contributed by atoms with Crippen LogP contribution in [0.4, 0.5) is 13.2 Å². The van der Waals surface area contributed by atoms with Crippen molar-refractivity contribution in [1.29, 1.82) is 0 Å². The largest absolute Gasteiger partial charge is 0.497 e. The summed E-state index contributed by atoms with van der Waals surface area (Å²) in [5, 5.41) is 2.14. The molecule has 0 aromatic heterocycles. The topological polar surface area (TPSA) is 18.5 Å². The summed E-state index contributed by atoms with van der Waals surface area (Å²) in [6.07, 6.45) is -0.504. The molecule has 0 amide bonds. The van der Waals surface area contributed by atoms with Gasteiger partial charge in [-0.3, -0.25) is 0 Å². The highest BCUT2D eigenvalue weighted by Crippen LogP contribution is 2.45. The lowest BCUT2D eigenvalue weighted by molar-refractivity contribution is -0.137. The molecule has 0 fully saturated rings. The summed E-state index contributed by atoms with van der Waals surface area (Å²) in [4.78, 5) is 0.